The minimum absolute atomic E-state index is 0. The molecule has 1 amide bonds. The first-order chi connectivity index (χ1) is 9.36. The van der Waals surface area contributed by atoms with E-state index < -0.39 is 35.9 Å². The summed E-state index contributed by atoms with van der Waals surface area (Å²) in [5.41, 5.74) is 7.65. The van der Waals surface area contributed by atoms with Crippen LogP contribution < -0.4 is 11.5 Å². The molecule has 0 radical (unpaired) electrons. The van der Waals surface area contributed by atoms with Gasteiger partial charge in [-0.2, -0.15) is 0 Å². The number of amidine groups is 1. The van der Waals surface area contributed by atoms with Gasteiger partial charge in [-0.3, -0.25) is 9.79 Å². The molecular weight excluding hydrogens is 327 g/mol. The molecule has 22 heavy (non-hydrogen) atoms. The highest BCUT2D eigenvalue weighted by atomic mass is 35.5. The maximum Gasteiger partial charge on any atom is 0.269 e. The number of halogens is 4. The third-order valence-electron chi connectivity index (χ3n) is 2.99. The van der Waals surface area contributed by atoms with Crippen LogP contribution in [0.4, 0.5) is 13.2 Å². The van der Waals surface area contributed by atoms with Crippen LogP contribution in [0.5, 0.6) is 0 Å². The average molecular weight is 342 g/mol. The van der Waals surface area contributed by atoms with Crippen LogP contribution in [0.3, 0.4) is 0 Å². The Balaban J connectivity index is 0.00000220. The molecule has 1 aliphatic rings. The van der Waals surface area contributed by atoms with Gasteiger partial charge < -0.3 is 21.7 Å². The highest BCUT2D eigenvalue weighted by molar-refractivity contribution is 5.93. The number of amides is 1. The second-order valence-electron chi connectivity index (χ2n) is 4.38. The number of benzene rings is 1. The Kier molecular flexibility index (Phi) is 6.81. The normalized spacial score (nSPS) is 20.6. The number of hydrogen-bond acceptors (Lipinski definition) is 4. The molecule has 124 valence electrons. The lowest BCUT2D eigenvalue weighted by atomic mass is 9.89. The minimum atomic E-state index is -3.06. The number of rotatable bonds is 3. The highest BCUT2D eigenvalue weighted by Crippen LogP contribution is 2.37. The smallest absolute Gasteiger partial charge is 0.269 e. The predicted octanol–water partition coefficient (Wildman–Crippen LogP) is 0.369. The first kappa shape index (κ1) is 20.2. The molecule has 6 nitrogen and oxygen atoms in total. The molecule has 0 fully saturated rings. The molecule has 0 aromatic heterocycles. The third kappa shape index (κ3) is 3.49. The van der Waals surface area contributed by atoms with E-state index >= 15 is 0 Å². The summed E-state index contributed by atoms with van der Waals surface area (Å²) < 4.78 is 45.7. The number of aliphatic imine (C=N–C) groups is 1. The monoisotopic (exact) mass is 341 g/mol. The molecule has 0 saturated heterocycles. The fourth-order valence-corrected chi connectivity index (χ4v) is 2.01. The molecule has 10 heteroatoms. The molecule has 0 saturated carbocycles. The number of nitrogens with two attached hydrogens (primary N) is 2. The summed E-state index contributed by atoms with van der Waals surface area (Å²) in [5.74, 6) is -1.96. The number of nitrogens with zero attached hydrogens (tertiary/aromatic N) is 1. The van der Waals surface area contributed by atoms with Crippen molar-refractivity contribution >= 4 is 24.1 Å². The van der Waals surface area contributed by atoms with Gasteiger partial charge in [0.2, 0.25) is 5.91 Å². The molecule has 0 aliphatic carbocycles. The fraction of sp³-hybridized carbons (Fsp3) is 0.333. The van der Waals surface area contributed by atoms with Gasteiger partial charge in [0.15, 0.2) is 5.54 Å². The van der Waals surface area contributed by atoms with E-state index in [0.717, 1.165) is 18.2 Å². The maximum atomic E-state index is 13.9. The van der Waals surface area contributed by atoms with Gasteiger partial charge in [-0.15, -0.1) is 12.4 Å². The molecule has 1 aromatic carbocycles. The minimum Gasteiger partial charge on any atom is -0.412 e. The zero-order valence-corrected chi connectivity index (χ0v) is 12.0. The quantitative estimate of drug-likeness (QED) is 0.825. The molecule has 1 atom stereocenters. The molecule has 0 unspecified atom stereocenters. The van der Waals surface area contributed by atoms with Crippen molar-refractivity contribution < 1.29 is 28.2 Å². The Morgan fingerprint density at radius 1 is 1.41 bits per heavy atom. The molecule has 1 aliphatic heterocycles. The number of hydrogen-bond donors (Lipinski definition) is 2. The molecule has 0 bridgehead atoms. The van der Waals surface area contributed by atoms with Gasteiger partial charge in [0.1, 0.15) is 18.3 Å². The first-order valence-corrected chi connectivity index (χ1v) is 5.67. The summed E-state index contributed by atoms with van der Waals surface area (Å²) in [6.45, 7) is -0.643. The van der Waals surface area contributed by atoms with Gasteiger partial charge >= 0.3 is 0 Å². The van der Waals surface area contributed by atoms with E-state index in [1.807, 2.05) is 0 Å². The van der Waals surface area contributed by atoms with E-state index in [9.17, 15) is 18.0 Å². The van der Waals surface area contributed by atoms with E-state index in [1.54, 1.807) is 0 Å². The molecule has 6 N–H and O–H groups in total. The maximum absolute atomic E-state index is 13.9. The summed E-state index contributed by atoms with van der Waals surface area (Å²) in [5, 5.41) is 0. The number of carbonyl (C=O) groups is 1. The zero-order chi connectivity index (χ0) is 14.9. The van der Waals surface area contributed by atoms with Gasteiger partial charge in [0, 0.05) is 11.1 Å². The van der Waals surface area contributed by atoms with Crippen molar-refractivity contribution in [1.29, 1.82) is 0 Å². The lowest BCUT2D eigenvalue weighted by Crippen LogP contribution is -2.45. The Hall–Kier alpha value is -1.84. The van der Waals surface area contributed by atoms with E-state index in [0.29, 0.717) is 0 Å². The highest BCUT2D eigenvalue weighted by Gasteiger charge is 2.46. The fourth-order valence-electron chi connectivity index (χ4n) is 2.01. The summed E-state index contributed by atoms with van der Waals surface area (Å²) in [6, 6.07) is 2.95. The number of primary amides is 1. The van der Waals surface area contributed by atoms with E-state index in [-0.39, 0.29) is 35.9 Å². The number of carbonyl (C=O) groups excluding carboxylic acids is 1. The van der Waals surface area contributed by atoms with Crippen molar-refractivity contribution in [3.05, 3.63) is 35.1 Å². The Bertz CT molecular complexity index is 586. The van der Waals surface area contributed by atoms with Crippen LogP contribution in [0, 0.1) is 5.82 Å². The Labute approximate surface area is 130 Å². The largest absolute Gasteiger partial charge is 0.412 e. The Morgan fingerprint density at radius 3 is 2.55 bits per heavy atom. The van der Waals surface area contributed by atoms with Crippen LogP contribution >= 0.6 is 12.4 Å². The van der Waals surface area contributed by atoms with E-state index in [1.165, 1.54) is 0 Å². The van der Waals surface area contributed by atoms with Crippen LogP contribution in [0.1, 0.15) is 15.9 Å². The molecular formula is C12H15ClF3N3O3. The van der Waals surface area contributed by atoms with Crippen LogP contribution in [0.25, 0.3) is 0 Å². The van der Waals surface area contributed by atoms with Crippen molar-refractivity contribution in [2.75, 3.05) is 13.2 Å². The second kappa shape index (κ2) is 7.43. The standard InChI is InChI=1S/C12H12F3N3O2.ClH.H2O/c13-8-2-1-6(10(17)19)3-7(8)12(11(14)15)5-20-4-9(16)18-12;;/h1-3,11H,4-5H2,(H2,16,18)(H2,17,19);1H;1H2/t12-;;/m0../s1. The van der Waals surface area contributed by atoms with Crippen LogP contribution in [-0.4, -0.2) is 36.9 Å². The lowest BCUT2D eigenvalue weighted by Gasteiger charge is -2.33. The van der Waals surface area contributed by atoms with E-state index in [4.69, 9.17) is 16.2 Å². The van der Waals surface area contributed by atoms with Crippen LogP contribution in [0.15, 0.2) is 23.2 Å². The Morgan fingerprint density at radius 2 is 2.05 bits per heavy atom. The number of ether oxygens (including phenoxy) is 1. The first-order valence-electron chi connectivity index (χ1n) is 5.67. The van der Waals surface area contributed by atoms with Crippen molar-refractivity contribution in [2.45, 2.75) is 12.0 Å². The van der Waals surface area contributed by atoms with Crippen LogP contribution in [-0.2, 0) is 10.3 Å². The summed E-state index contributed by atoms with van der Waals surface area (Å²) in [4.78, 5) is 14.8. The van der Waals surface area contributed by atoms with Crippen molar-refractivity contribution in [2.24, 2.45) is 16.5 Å². The van der Waals surface area contributed by atoms with Gasteiger partial charge in [-0.25, -0.2) is 13.2 Å². The summed E-state index contributed by atoms with van der Waals surface area (Å²) >= 11 is 0. The van der Waals surface area contributed by atoms with Crippen molar-refractivity contribution in [1.82, 2.24) is 0 Å². The predicted molar refractivity (Wildman–Crippen MR) is 75.9 cm³/mol. The second-order valence-corrected chi connectivity index (χ2v) is 4.38. The SMILES string of the molecule is Cl.NC(=O)c1ccc(F)c([C@]2(C(F)F)COCC(N)=N2)c1.O. The van der Waals surface area contributed by atoms with Crippen LogP contribution in [0.2, 0.25) is 0 Å². The van der Waals surface area contributed by atoms with Crippen molar-refractivity contribution in [3.63, 3.8) is 0 Å². The van der Waals surface area contributed by atoms with Gasteiger partial charge in [-0.1, -0.05) is 0 Å². The molecule has 0 spiro atoms. The topological polar surface area (TPSA) is 122 Å². The van der Waals surface area contributed by atoms with Gasteiger partial charge in [0.05, 0.1) is 6.61 Å². The zero-order valence-electron chi connectivity index (χ0n) is 11.2. The molecule has 1 heterocycles. The lowest BCUT2D eigenvalue weighted by molar-refractivity contribution is -0.0146. The van der Waals surface area contributed by atoms with Gasteiger partial charge in [0.25, 0.3) is 6.43 Å². The third-order valence-corrected chi connectivity index (χ3v) is 2.99. The van der Waals surface area contributed by atoms with Gasteiger partial charge in [-0.05, 0) is 18.2 Å². The average Bonchev–Trinajstić information content (AvgIpc) is 2.38. The molecule has 1 aromatic rings. The summed E-state index contributed by atoms with van der Waals surface area (Å²) in [7, 11) is 0. The molecule has 2 rings (SSSR count). The van der Waals surface area contributed by atoms with E-state index in [2.05, 4.69) is 4.99 Å². The summed E-state index contributed by atoms with van der Waals surface area (Å²) in [6.07, 6.45) is -3.06. The number of alkyl halides is 2. The van der Waals surface area contributed by atoms with Crippen molar-refractivity contribution in [3.8, 4) is 0 Å².